The highest BCUT2D eigenvalue weighted by Crippen LogP contribution is 2.47. The predicted octanol–water partition coefficient (Wildman–Crippen LogP) is 2.34. The first-order chi connectivity index (χ1) is 8.50. The summed E-state index contributed by atoms with van der Waals surface area (Å²) in [5.41, 5.74) is 3.56. The summed E-state index contributed by atoms with van der Waals surface area (Å²) in [6.45, 7) is 7.80. The Morgan fingerprint density at radius 2 is 2.06 bits per heavy atom. The summed E-state index contributed by atoms with van der Waals surface area (Å²) < 4.78 is 5.47. The molecule has 0 N–H and O–H groups in total. The van der Waals surface area contributed by atoms with Crippen molar-refractivity contribution in [3.8, 4) is 0 Å². The molecule has 0 bridgehead atoms. The molecule has 0 saturated carbocycles. The summed E-state index contributed by atoms with van der Waals surface area (Å²) in [5.74, 6) is -0.197. The summed E-state index contributed by atoms with van der Waals surface area (Å²) in [6, 6.07) is 0. The van der Waals surface area contributed by atoms with Crippen molar-refractivity contribution in [2.75, 3.05) is 0 Å². The van der Waals surface area contributed by atoms with Crippen LogP contribution < -0.4 is 0 Å². The number of hydrogen-bond donors (Lipinski definition) is 0. The van der Waals surface area contributed by atoms with E-state index in [-0.39, 0.29) is 29.7 Å². The highest BCUT2D eigenvalue weighted by atomic mass is 16.6. The molecule has 0 amide bonds. The van der Waals surface area contributed by atoms with Crippen LogP contribution in [-0.4, -0.2) is 17.9 Å². The summed E-state index contributed by atoms with van der Waals surface area (Å²) >= 11 is 0. The zero-order valence-corrected chi connectivity index (χ0v) is 10.7. The molecular formula is C15H16O3. The lowest BCUT2D eigenvalue weighted by atomic mass is 9.83. The number of carbonyl (C=O) groups excluding carboxylic acids is 2. The maximum absolute atomic E-state index is 12.0. The van der Waals surface area contributed by atoms with E-state index in [1.807, 2.05) is 13.8 Å². The molecule has 1 saturated heterocycles. The molecule has 0 spiro atoms. The first-order valence-corrected chi connectivity index (χ1v) is 6.32. The molecule has 3 heteroatoms. The van der Waals surface area contributed by atoms with Gasteiger partial charge in [0.25, 0.3) is 0 Å². The van der Waals surface area contributed by atoms with Gasteiger partial charge in [0.1, 0.15) is 6.10 Å². The minimum absolute atomic E-state index is 0.0480. The Labute approximate surface area is 106 Å². The number of fused-ring (bicyclic) bond motifs is 3. The molecule has 0 aromatic carbocycles. The Hall–Kier alpha value is -1.64. The van der Waals surface area contributed by atoms with E-state index in [1.165, 1.54) is 0 Å². The van der Waals surface area contributed by atoms with Crippen LogP contribution in [0.2, 0.25) is 0 Å². The number of hydrogen-bond acceptors (Lipinski definition) is 3. The molecule has 0 aromatic heterocycles. The van der Waals surface area contributed by atoms with Gasteiger partial charge in [0.15, 0.2) is 5.78 Å². The van der Waals surface area contributed by atoms with Crippen LogP contribution in [0.15, 0.2) is 34.9 Å². The van der Waals surface area contributed by atoms with Gasteiger partial charge in [0, 0.05) is 23.0 Å². The van der Waals surface area contributed by atoms with Gasteiger partial charge >= 0.3 is 5.97 Å². The van der Waals surface area contributed by atoms with Gasteiger partial charge in [-0.3, -0.25) is 4.79 Å². The van der Waals surface area contributed by atoms with Gasteiger partial charge in [-0.15, -0.1) is 0 Å². The molecule has 1 fully saturated rings. The highest BCUT2D eigenvalue weighted by Gasteiger charge is 2.49. The largest absolute Gasteiger partial charge is 0.457 e. The molecule has 3 rings (SSSR count). The fourth-order valence-corrected chi connectivity index (χ4v) is 3.43. The van der Waals surface area contributed by atoms with Crippen molar-refractivity contribution in [1.82, 2.24) is 0 Å². The van der Waals surface area contributed by atoms with Crippen LogP contribution in [-0.2, 0) is 14.3 Å². The molecule has 94 valence electrons. The molecule has 2 aliphatic carbocycles. The molecule has 3 nitrogen and oxygen atoms in total. The van der Waals surface area contributed by atoms with Crippen LogP contribution in [0.5, 0.6) is 0 Å². The van der Waals surface area contributed by atoms with E-state index < -0.39 is 0 Å². The normalized spacial score (nSPS) is 35.1. The first-order valence-electron chi connectivity index (χ1n) is 6.32. The number of allylic oxidation sites excluding steroid dienone is 2. The maximum Gasteiger partial charge on any atom is 0.334 e. The Morgan fingerprint density at radius 1 is 1.33 bits per heavy atom. The van der Waals surface area contributed by atoms with Crippen LogP contribution in [0.3, 0.4) is 0 Å². The van der Waals surface area contributed by atoms with E-state index >= 15 is 0 Å². The van der Waals surface area contributed by atoms with Crippen LogP contribution in [0.1, 0.15) is 26.7 Å². The average Bonchev–Trinajstić information content (AvgIpc) is 2.68. The number of ketones is 1. The monoisotopic (exact) mass is 244 g/mol. The van der Waals surface area contributed by atoms with Gasteiger partial charge in [-0.2, -0.15) is 0 Å². The van der Waals surface area contributed by atoms with Crippen molar-refractivity contribution in [3.05, 3.63) is 34.9 Å². The quantitative estimate of drug-likeness (QED) is 0.485. The van der Waals surface area contributed by atoms with E-state index in [9.17, 15) is 9.59 Å². The van der Waals surface area contributed by atoms with Gasteiger partial charge in [-0.1, -0.05) is 17.7 Å². The second-order valence-electron chi connectivity index (χ2n) is 5.46. The summed E-state index contributed by atoms with van der Waals surface area (Å²) in [4.78, 5) is 23.7. The van der Waals surface area contributed by atoms with Gasteiger partial charge < -0.3 is 4.74 Å². The lowest BCUT2D eigenvalue weighted by molar-refractivity contribution is -0.140. The van der Waals surface area contributed by atoms with E-state index in [0.29, 0.717) is 5.57 Å². The third-order valence-corrected chi connectivity index (χ3v) is 4.39. The van der Waals surface area contributed by atoms with Crippen molar-refractivity contribution in [3.63, 3.8) is 0 Å². The second kappa shape index (κ2) is 3.67. The Morgan fingerprint density at radius 3 is 2.78 bits per heavy atom. The first kappa shape index (κ1) is 11.5. The highest BCUT2D eigenvalue weighted by molar-refractivity contribution is 6.09. The van der Waals surface area contributed by atoms with E-state index in [2.05, 4.69) is 6.58 Å². The van der Waals surface area contributed by atoms with E-state index in [0.717, 1.165) is 29.6 Å². The number of carbonyl (C=O) groups is 2. The van der Waals surface area contributed by atoms with Gasteiger partial charge in [0.2, 0.25) is 0 Å². The van der Waals surface area contributed by atoms with Crippen molar-refractivity contribution < 1.29 is 14.3 Å². The zero-order chi connectivity index (χ0) is 13.0. The van der Waals surface area contributed by atoms with E-state index in [4.69, 9.17) is 4.74 Å². The lowest BCUT2D eigenvalue weighted by Gasteiger charge is -2.23. The molecule has 3 aliphatic rings. The van der Waals surface area contributed by atoms with Crippen molar-refractivity contribution in [2.24, 2.45) is 11.8 Å². The number of rotatable bonds is 0. The summed E-state index contributed by atoms with van der Waals surface area (Å²) in [6.07, 6.45) is 3.15. The smallest absolute Gasteiger partial charge is 0.334 e. The predicted molar refractivity (Wildman–Crippen MR) is 66.7 cm³/mol. The van der Waals surface area contributed by atoms with Crippen molar-refractivity contribution >= 4 is 11.8 Å². The molecular weight excluding hydrogens is 228 g/mol. The topological polar surface area (TPSA) is 43.4 Å². The average molecular weight is 244 g/mol. The van der Waals surface area contributed by atoms with Gasteiger partial charge in [0.05, 0.1) is 0 Å². The molecule has 0 aromatic rings. The molecule has 18 heavy (non-hydrogen) atoms. The molecule has 0 radical (unpaired) electrons. The Bertz CT molecular complexity index is 536. The van der Waals surface area contributed by atoms with E-state index in [1.54, 1.807) is 6.08 Å². The second-order valence-corrected chi connectivity index (χ2v) is 5.46. The third kappa shape index (κ3) is 1.36. The minimum atomic E-state index is -0.295. The SMILES string of the molecule is C=C1C(=O)O[C@@H]2[C@H]3C(C)=CC(=O)C3=C(C)CC[C@@H]12. The molecule has 3 atom stereocenters. The number of ether oxygens (including phenoxy) is 1. The molecule has 1 heterocycles. The zero-order valence-electron chi connectivity index (χ0n) is 10.7. The molecule has 1 aliphatic heterocycles. The minimum Gasteiger partial charge on any atom is -0.457 e. The standard InChI is InChI=1S/C15H16O3/c1-7-4-5-10-9(3)15(17)18-14(10)13-8(2)6-11(16)12(7)13/h6,10,13-14H,3-5H2,1-2H3/t10-,13-,14-/m0/s1. The Kier molecular flexibility index (Phi) is 2.34. The van der Waals surface area contributed by atoms with Crippen molar-refractivity contribution in [2.45, 2.75) is 32.8 Å². The third-order valence-electron chi connectivity index (χ3n) is 4.39. The van der Waals surface area contributed by atoms with Crippen LogP contribution in [0.4, 0.5) is 0 Å². The van der Waals surface area contributed by atoms with Crippen LogP contribution >= 0.6 is 0 Å². The summed E-state index contributed by atoms with van der Waals surface area (Å²) in [5, 5.41) is 0. The van der Waals surface area contributed by atoms with Crippen LogP contribution in [0, 0.1) is 11.8 Å². The van der Waals surface area contributed by atoms with Gasteiger partial charge in [-0.25, -0.2) is 4.79 Å². The maximum atomic E-state index is 12.0. The molecule has 0 unspecified atom stereocenters. The lowest BCUT2D eigenvalue weighted by Crippen LogP contribution is -2.27. The fraction of sp³-hybridized carbons (Fsp3) is 0.467. The van der Waals surface area contributed by atoms with Crippen molar-refractivity contribution in [1.29, 1.82) is 0 Å². The van der Waals surface area contributed by atoms with Gasteiger partial charge in [-0.05, 0) is 32.8 Å². The fourth-order valence-electron chi connectivity index (χ4n) is 3.43. The number of esters is 1. The Balaban J connectivity index is 2.10. The summed E-state index contributed by atoms with van der Waals surface area (Å²) in [7, 11) is 0. The van der Waals surface area contributed by atoms with Crippen LogP contribution in [0.25, 0.3) is 0 Å².